The third kappa shape index (κ3) is 1.12. The van der Waals surface area contributed by atoms with Crippen molar-refractivity contribution in [3.63, 3.8) is 0 Å². The number of fused-ring (bicyclic) bond motifs is 1. The van der Waals surface area contributed by atoms with E-state index < -0.39 is 0 Å². The molecule has 3 N–H and O–H groups in total. The van der Waals surface area contributed by atoms with Gasteiger partial charge in [0.2, 0.25) is 0 Å². The van der Waals surface area contributed by atoms with Gasteiger partial charge in [0.25, 0.3) is 0 Å². The minimum Gasteiger partial charge on any atom is -0.325 e. The van der Waals surface area contributed by atoms with Gasteiger partial charge in [0.1, 0.15) is 11.7 Å². The molecule has 0 atom stereocenters. The Morgan fingerprint density at radius 2 is 1.92 bits per heavy atom. The second-order valence-electron chi connectivity index (χ2n) is 3.02. The third-order valence-corrected chi connectivity index (χ3v) is 2.29. The number of halogens is 1. The molecular formula is C9H8ClN3. The summed E-state index contributed by atoms with van der Waals surface area (Å²) >= 11 is 5.85. The lowest BCUT2D eigenvalue weighted by atomic mass is 10.0. The predicted octanol–water partition coefficient (Wildman–Crippen LogP) is 1.90. The predicted molar refractivity (Wildman–Crippen MR) is 53.0 cm³/mol. The molecule has 0 aliphatic carbocycles. The molecule has 1 aromatic carbocycles. The van der Waals surface area contributed by atoms with Crippen molar-refractivity contribution in [1.29, 1.82) is 10.8 Å². The summed E-state index contributed by atoms with van der Waals surface area (Å²) < 4.78 is 0. The number of amidine groups is 2. The number of nitrogens with one attached hydrogen (secondary N) is 3. The molecule has 66 valence electrons. The topological polar surface area (TPSA) is 59.7 Å². The zero-order valence-corrected chi connectivity index (χ0v) is 7.79. The Kier molecular flexibility index (Phi) is 1.63. The summed E-state index contributed by atoms with van der Waals surface area (Å²) in [5, 5.41) is 18.4. The molecule has 0 saturated heterocycles. The van der Waals surface area contributed by atoms with E-state index in [4.69, 9.17) is 22.4 Å². The highest BCUT2D eigenvalue weighted by Crippen LogP contribution is 2.23. The lowest BCUT2D eigenvalue weighted by Crippen LogP contribution is -2.20. The Hall–Kier alpha value is -1.35. The van der Waals surface area contributed by atoms with Crippen LogP contribution >= 0.6 is 11.6 Å². The first kappa shape index (κ1) is 8.26. The highest BCUT2D eigenvalue weighted by molar-refractivity contribution is 6.32. The lowest BCUT2D eigenvalue weighted by Gasteiger charge is -2.01. The molecule has 0 fully saturated rings. The summed E-state index contributed by atoms with van der Waals surface area (Å²) in [5.41, 5.74) is 2.44. The van der Waals surface area contributed by atoms with E-state index in [9.17, 15) is 0 Å². The van der Waals surface area contributed by atoms with E-state index in [2.05, 4.69) is 5.32 Å². The van der Waals surface area contributed by atoms with Crippen molar-refractivity contribution in [2.45, 2.75) is 6.92 Å². The zero-order valence-electron chi connectivity index (χ0n) is 7.03. The van der Waals surface area contributed by atoms with E-state index in [0.29, 0.717) is 5.02 Å². The number of aryl methyl sites for hydroxylation is 1. The van der Waals surface area contributed by atoms with E-state index in [-0.39, 0.29) is 11.7 Å². The summed E-state index contributed by atoms with van der Waals surface area (Å²) in [6.45, 7) is 1.89. The molecule has 0 radical (unpaired) electrons. The SMILES string of the molecule is Cc1cc(Cl)cc2c1C(=N)NC2=N. The first-order valence-electron chi connectivity index (χ1n) is 3.84. The van der Waals surface area contributed by atoms with Gasteiger partial charge in [0.15, 0.2) is 0 Å². The summed E-state index contributed by atoms with van der Waals surface area (Å²) in [6, 6.07) is 3.51. The van der Waals surface area contributed by atoms with Crippen molar-refractivity contribution in [3.05, 3.63) is 33.8 Å². The largest absolute Gasteiger partial charge is 0.325 e. The quantitative estimate of drug-likeness (QED) is 0.579. The molecule has 1 aliphatic rings. The van der Waals surface area contributed by atoms with Crippen LogP contribution in [0, 0.1) is 17.7 Å². The molecule has 1 aliphatic heterocycles. The smallest absolute Gasteiger partial charge is 0.132 e. The normalized spacial score (nSPS) is 14.3. The van der Waals surface area contributed by atoms with E-state index >= 15 is 0 Å². The number of hydrogen-bond acceptors (Lipinski definition) is 2. The standard InChI is InChI=1S/C9H8ClN3/c1-4-2-5(10)3-6-7(4)9(12)13-8(6)11/h2-3H,1H3,(H3,11,12,13). The number of benzene rings is 1. The molecule has 0 saturated carbocycles. The molecule has 1 aromatic rings. The maximum Gasteiger partial charge on any atom is 0.132 e. The van der Waals surface area contributed by atoms with Gasteiger partial charge in [-0.05, 0) is 24.6 Å². The van der Waals surface area contributed by atoms with Gasteiger partial charge in [-0.15, -0.1) is 0 Å². The Morgan fingerprint density at radius 1 is 1.23 bits per heavy atom. The van der Waals surface area contributed by atoms with Crippen LogP contribution in [0.2, 0.25) is 5.02 Å². The van der Waals surface area contributed by atoms with Crippen LogP contribution in [0.5, 0.6) is 0 Å². The van der Waals surface area contributed by atoms with Gasteiger partial charge < -0.3 is 5.32 Å². The summed E-state index contributed by atoms with van der Waals surface area (Å²) in [6.07, 6.45) is 0. The molecule has 2 rings (SSSR count). The molecule has 1 heterocycles. The van der Waals surface area contributed by atoms with Crippen LogP contribution in [0.4, 0.5) is 0 Å². The second kappa shape index (κ2) is 2.57. The van der Waals surface area contributed by atoms with Crippen molar-refractivity contribution in [1.82, 2.24) is 5.32 Å². The summed E-state index contributed by atoms with van der Waals surface area (Å²) in [5.74, 6) is 0.541. The molecule has 4 heteroatoms. The fourth-order valence-electron chi connectivity index (χ4n) is 1.53. The van der Waals surface area contributed by atoms with Crippen LogP contribution in [0.15, 0.2) is 12.1 Å². The summed E-state index contributed by atoms with van der Waals surface area (Å²) in [7, 11) is 0. The maximum absolute atomic E-state index is 7.58. The minimum absolute atomic E-state index is 0.255. The fourth-order valence-corrected chi connectivity index (χ4v) is 1.80. The summed E-state index contributed by atoms with van der Waals surface area (Å²) in [4.78, 5) is 0. The molecule has 0 unspecified atom stereocenters. The molecule has 0 amide bonds. The van der Waals surface area contributed by atoms with Crippen molar-refractivity contribution in [2.24, 2.45) is 0 Å². The van der Waals surface area contributed by atoms with Gasteiger partial charge >= 0.3 is 0 Å². The second-order valence-corrected chi connectivity index (χ2v) is 3.46. The van der Waals surface area contributed by atoms with Crippen LogP contribution < -0.4 is 5.32 Å². The van der Waals surface area contributed by atoms with Crippen molar-refractivity contribution in [3.8, 4) is 0 Å². The van der Waals surface area contributed by atoms with Gasteiger partial charge in [-0.1, -0.05) is 11.6 Å². The molecule has 0 spiro atoms. The fraction of sp³-hybridized carbons (Fsp3) is 0.111. The lowest BCUT2D eigenvalue weighted by molar-refractivity contribution is 1.29. The highest BCUT2D eigenvalue weighted by Gasteiger charge is 2.23. The average molecular weight is 194 g/mol. The minimum atomic E-state index is 0.255. The van der Waals surface area contributed by atoms with Gasteiger partial charge in [-0.25, -0.2) is 0 Å². The zero-order chi connectivity index (χ0) is 9.59. The van der Waals surface area contributed by atoms with E-state index in [1.807, 2.05) is 6.92 Å². The van der Waals surface area contributed by atoms with Crippen molar-refractivity contribution in [2.75, 3.05) is 0 Å². The van der Waals surface area contributed by atoms with Crippen LogP contribution in [0.1, 0.15) is 16.7 Å². The Labute approximate surface area is 80.7 Å². The van der Waals surface area contributed by atoms with Crippen molar-refractivity contribution >= 4 is 23.3 Å². The van der Waals surface area contributed by atoms with Crippen LogP contribution in [0.3, 0.4) is 0 Å². The van der Waals surface area contributed by atoms with E-state index in [0.717, 1.165) is 16.7 Å². The van der Waals surface area contributed by atoms with Gasteiger partial charge in [-0.2, -0.15) is 0 Å². The Morgan fingerprint density at radius 3 is 2.62 bits per heavy atom. The van der Waals surface area contributed by atoms with Crippen LogP contribution in [-0.4, -0.2) is 11.7 Å². The van der Waals surface area contributed by atoms with E-state index in [1.165, 1.54) is 0 Å². The van der Waals surface area contributed by atoms with E-state index in [1.54, 1.807) is 12.1 Å². The molecule has 0 bridgehead atoms. The van der Waals surface area contributed by atoms with Crippen LogP contribution in [-0.2, 0) is 0 Å². The molecule has 0 aromatic heterocycles. The van der Waals surface area contributed by atoms with Gasteiger partial charge in [0.05, 0.1) is 0 Å². The first-order valence-corrected chi connectivity index (χ1v) is 4.22. The number of hydrogen-bond donors (Lipinski definition) is 3. The average Bonchev–Trinajstić information content (AvgIpc) is 2.27. The van der Waals surface area contributed by atoms with Gasteiger partial charge in [0, 0.05) is 16.1 Å². The monoisotopic (exact) mass is 193 g/mol. The molecular weight excluding hydrogens is 186 g/mol. The first-order chi connectivity index (χ1) is 6.09. The Bertz CT molecular complexity index is 423. The van der Waals surface area contributed by atoms with Crippen molar-refractivity contribution < 1.29 is 0 Å². The molecule has 13 heavy (non-hydrogen) atoms. The maximum atomic E-state index is 7.58. The van der Waals surface area contributed by atoms with Crippen LogP contribution in [0.25, 0.3) is 0 Å². The Balaban J connectivity index is 2.77. The highest BCUT2D eigenvalue weighted by atomic mass is 35.5. The third-order valence-electron chi connectivity index (χ3n) is 2.07. The molecule has 3 nitrogen and oxygen atoms in total. The van der Waals surface area contributed by atoms with Gasteiger partial charge in [-0.3, -0.25) is 10.8 Å². The number of rotatable bonds is 0.